The number of hydrazine groups is 1. The highest BCUT2D eigenvalue weighted by atomic mass is 32.1. The van der Waals surface area contributed by atoms with Crippen molar-refractivity contribution in [1.82, 2.24) is 9.88 Å². The Balaban J connectivity index is 1.99. The molecule has 1 saturated heterocycles. The summed E-state index contributed by atoms with van der Waals surface area (Å²) in [5, 5.41) is 10.2. The number of nitrogens with zero attached hydrogens (tertiary/aromatic N) is 2. The molecule has 0 aromatic carbocycles. The van der Waals surface area contributed by atoms with E-state index in [2.05, 4.69) is 15.3 Å². The topological polar surface area (TPSA) is 74.4 Å². The molecular formula is C11H20N4OS. The van der Waals surface area contributed by atoms with Crippen LogP contribution < -0.4 is 11.3 Å². The van der Waals surface area contributed by atoms with E-state index in [1.165, 1.54) is 24.1 Å². The summed E-state index contributed by atoms with van der Waals surface area (Å²) < 4.78 is 0. The second kappa shape index (κ2) is 6.30. The van der Waals surface area contributed by atoms with Crippen LogP contribution in [0, 0.1) is 0 Å². The van der Waals surface area contributed by atoms with Gasteiger partial charge in [0.25, 0.3) is 0 Å². The van der Waals surface area contributed by atoms with Gasteiger partial charge in [0.1, 0.15) is 0 Å². The number of aliphatic hydroxyl groups excluding tert-OH is 1. The molecule has 2 heterocycles. The number of likely N-dealkylation sites (tertiary alicyclic amines) is 1. The van der Waals surface area contributed by atoms with E-state index >= 15 is 0 Å². The van der Waals surface area contributed by atoms with Crippen LogP contribution in [0.5, 0.6) is 0 Å². The van der Waals surface area contributed by atoms with Crippen LogP contribution >= 0.6 is 11.3 Å². The van der Waals surface area contributed by atoms with Gasteiger partial charge in [0, 0.05) is 23.7 Å². The Morgan fingerprint density at radius 1 is 1.53 bits per heavy atom. The molecular weight excluding hydrogens is 236 g/mol. The second-order valence-electron chi connectivity index (χ2n) is 4.43. The third kappa shape index (κ3) is 3.38. The summed E-state index contributed by atoms with van der Waals surface area (Å²) in [6.45, 7) is 2.18. The normalized spacial score (nSPS) is 22.4. The first kappa shape index (κ1) is 12.8. The van der Waals surface area contributed by atoms with Gasteiger partial charge >= 0.3 is 0 Å². The molecule has 0 saturated carbocycles. The van der Waals surface area contributed by atoms with E-state index in [0.717, 1.165) is 24.6 Å². The maximum Gasteiger partial charge on any atom is 0.197 e. The predicted octanol–water partition coefficient (Wildman–Crippen LogP) is 1.17. The predicted molar refractivity (Wildman–Crippen MR) is 69.7 cm³/mol. The first-order chi connectivity index (χ1) is 8.33. The highest BCUT2D eigenvalue weighted by Gasteiger charge is 2.20. The van der Waals surface area contributed by atoms with E-state index in [1.807, 2.05) is 6.20 Å². The number of aromatic nitrogens is 1. The molecule has 1 unspecified atom stereocenters. The van der Waals surface area contributed by atoms with Crippen molar-refractivity contribution < 1.29 is 5.11 Å². The number of nitrogens with one attached hydrogen (secondary N) is 1. The van der Waals surface area contributed by atoms with Gasteiger partial charge in [-0.05, 0) is 19.4 Å². The molecule has 5 nitrogen and oxygen atoms in total. The molecule has 0 spiro atoms. The van der Waals surface area contributed by atoms with Gasteiger partial charge in [0.05, 0.1) is 6.61 Å². The summed E-state index contributed by atoms with van der Waals surface area (Å²) in [6.07, 6.45) is 6.67. The third-order valence-electron chi connectivity index (χ3n) is 3.25. The molecule has 6 heteroatoms. The fraction of sp³-hybridized carbons (Fsp3) is 0.727. The van der Waals surface area contributed by atoms with Gasteiger partial charge in [-0.1, -0.05) is 24.2 Å². The average molecular weight is 256 g/mol. The summed E-state index contributed by atoms with van der Waals surface area (Å²) >= 11 is 1.58. The first-order valence-electron chi connectivity index (χ1n) is 6.09. The van der Waals surface area contributed by atoms with Crippen molar-refractivity contribution in [2.45, 2.75) is 38.3 Å². The van der Waals surface area contributed by atoms with Gasteiger partial charge in [-0.3, -0.25) is 10.3 Å². The third-order valence-corrected chi connectivity index (χ3v) is 4.16. The van der Waals surface area contributed by atoms with Crippen LogP contribution in [0.25, 0.3) is 0 Å². The first-order valence-corrected chi connectivity index (χ1v) is 6.91. The Morgan fingerprint density at radius 2 is 2.41 bits per heavy atom. The summed E-state index contributed by atoms with van der Waals surface area (Å²) in [5.74, 6) is 5.32. The summed E-state index contributed by atoms with van der Waals surface area (Å²) in [4.78, 5) is 7.72. The van der Waals surface area contributed by atoms with Crippen LogP contribution in [0.15, 0.2) is 6.20 Å². The number of nitrogen functional groups attached to an aromatic ring is 1. The fourth-order valence-electron chi connectivity index (χ4n) is 2.30. The Morgan fingerprint density at radius 3 is 3.12 bits per heavy atom. The molecule has 1 aliphatic rings. The Hall–Kier alpha value is -0.690. The number of thiazole rings is 1. The van der Waals surface area contributed by atoms with Gasteiger partial charge in [-0.2, -0.15) is 0 Å². The van der Waals surface area contributed by atoms with E-state index in [-0.39, 0.29) is 6.61 Å². The lowest BCUT2D eigenvalue weighted by Gasteiger charge is -2.27. The molecule has 1 aliphatic heterocycles. The molecule has 2 rings (SSSR count). The minimum atomic E-state index is 0.251. The molecule has 17 heavy (non-hydrogen) atoms. The molecule has 0 amide bonds. The molecule has 0 radical (unpaired) electrons. The quantitative estimate of drug-likeness (QED) is 0.557. The fourth-order valence-corrected chi connectivity index (χ4v) is 3.05. The maximum absolute atomic E-state index is 9.43. The van der Waals surface area contributed by atoms with Crippen LogP contribution in [0.1, 0.15) is 30.6 Å². The maximum atomic E-state index is 9.43. The zero-order chi connectivity index (χ0) is 12.1. The Labute approximate surface area is 106 Å². The molecule has 96 valence electrons. The van der Waals surface area contributed by atoms with Crippen molar-refractivity contribution in [2.75, 3.05) is 18.6 Å². The number of nitrogens with two attached hydrogens (primary N) is 1. The Kier molecular flexibility index (Phi) is 4.73. The van der Waals surface area contributed by atoms with E-state index < -0.39 is 0 Å². The second-order valence-corrected chi connectivity index (χ2v) is 5.55. The lowest BCUT2D eigenvalue weighted by molar-refractivity contribution is 0.119. The molecule has 0 aliphatic carbocycles. The average Bonchev–Trinajstić information content (AvgIpc) is 2.68. The highest BCUT2D eigenvalue weighted by Crippen LogP contribution is 2.23. The molecule has 1 fully saturated rings. The number of aliphatic hydroxyl groups is 1. The van der Waals surface area contributed by atoms with Crippen molar-refractivity contribution in [3.05, 3.63) is 11.1 Å². The molecule has 1 aromatic heterocycles. The number of hydrogen-bond acceptors (Lipinski definition) is 6. The molecule has 4 N–H and O–H groups in total. The van der Waals surface area contributed by atoms with E-state index in [0.29, 0.717) is 6.04 Å². The summed E-state index contributed by atoms with van der Waals surface area (Å²) in [5.41, 5.74) is 2.56. The van der Waals surface area contributed by atoms with Crippen LogP contribution in [0.4, 0.5) is 5.13 Å². The van der Waals surface area contributed by atoms with Crippen LogP contribution in [-0.4, -0.2) is 34.2 Å². The SMILES string of the molecule is NNc1ncc(CN2CCCCCC2CO)s1. The number of hydrogen-bond donors (Lipinski definition) is 3. The zero-order valence-corrected chi connectivity index (χ0v) is 10.7. The van der Waals surface area contributed by atoms with Crippen molar-refractivity contribution in [2.24, 2.45) is 5.84 Å². The molecule has 1 aromatic rings. The van der Waals surface area contributed by atoms with Crippen LogP contribution in [-0.2, 0) is 6.54 Å². The van der Waals surface area contributed by atoms with Gasteiger partial charge in [0.2, 0.25) is 0 Å². The lowest BCUT2D eigenvalue weighted by Crippen LogP contribution is -2.36. The van der Waals surface area contributed by atoms with Crippen molar-refractivity contribution >= 4 is 16.5 Å². The van der Waals surface area contributed by atoms with E-state index in [4.69, 9.17) is 5.84 Å². The minimum absolute atomic E-state index is 0.251. The summed E-state index contributed by atoms with van der Waals surface area (Å²) in [7, 11) is 0. The molecule has 0 bridgehead atoms. The molecule has 1 atom stereocenters. The highest BCUT2D eigenvalue weighted by molar-refractivity contribution is 7.15. The van der Waals surface area contributed by atoms with Gasteiger partial charge in [0.15, 0.2) is 5.13 Å². The lowest BCUT2D eigenvalue weighted by atomic mass is 10.1. The van der Waals surface area contributed by atoms with Gasteiger partial charge < -0.3 is 5.11 Å². The van der Waals surface area contributed by atoms with Crippen molar-refractivity contribution in [3.63, 3.8) is 0 Å². The van der Waals surface area contributed by atoms with Crippen LogP contribution in [0.3, 0.4) is 0 Å². The zero-order valence-electron chi connectivity index (χ0n) is 9.93. The van der Waals surface area contributed by atoms with Gasteiger partial charge in [-0.25, -0.2) is 10.8 Å². The monoisotopic (exact) mass is 256 g/mol. The number of rotatable bonds is 4. The minimum Gasteiger partial charge on any atom is -0.395 e. The van der Waals surface area contributed by atoms with Gasteiger partial charge in [-0.15, -0.1) is 0 Å². The Bertz CT molecular complexity index is 344. The summed E-state index contributed by atoms with van der Waals surface area (Å²) in [6, 6.07) is 0.300. The standard InChI is InChI=1S/C11H20N4OS/c12-14-11-13-6-10(17-11)7-15-5-3-1-2-4-9(15)8-16/h6,9,16H,1-5,7-8,12H2,(H,13,14). The largest absolute Gasteiger partial charge is 0.395 e. The van der Waals surface area contributed by atoms with E-state index in [1.54, 1.807) is 11.3 Å². The van der Waals surface area contributed by atoms with E-state index in [9.17, 15) is 5.11 Å². The van der Waals surface area contributed by atoms with Crippen molar-refractivity contribution in [1.29, 1.82) is 0 Å². The smallest absolute Gasteiger partial charge is 0.197 e. The van der Waals surface area contributed by atoms with Crippen molar-refractivity contribution in [3.8, 4) is 0 Å². The van der Waals surface area contributed by atoms with Crippen LogP contribution in [0.2, 0.25) is 0 Å². The number of anilines is 1.